The number of nitrogens with zero attached hydrogens (tertiary/aromatic N) is 1. The molecule has 1 aliphatic rings. The number of hydrogen-bond acceptors (Lipinski definition) is 2. The van der Waals surface area contributed by atoms with E-state index in [4.69, 9.17) is 5.73 Å². The molecule has 1 aliphatic carbocycles. The molecule has 66 valence electrons. The lowest BCUT2D eigenvalue weighted by atomic mass is 10.1. The maximum absolute atomic E-state index is 5.85. The zero-order chi connectivity index (χ0) is 8.39. The normalized spacial score (nSPS) is 29.4. The predicted molar refractivity (Wildman–Crippen MR) is 49.8 cm³/mol. The summed E-state index contributed by atoms with van der Waals surface area (Å²) in [7, 11) is 0. The van der Waals surface area contributed by atoms with Crippen molar-refractivity contribution in [2.45, 2.75) is 31.8 Å². The Kier molecular flexibility index (Phi) is 2.42. The number of thiazole rings is 1. The van der Waals surface area contributed by atoms with Crippen LogP contribution in [0.1, 0.15) is 19.3 Å². The van der Waals surface area contributed by atoms with E-state index >= 15 is 0 Å². The lowest BCUT2D eigenvalue weighted by Crippen LogP contribution is -2.34. The van der Waals surface area contributed by atoms with Crippen LogP contribution in [0.25, 0.3) is 0 Å². The Hall–Kier alpha value is -0.410. The van der Waals surface area contributed by atoms with Crippen LogP contribution < -0.4 is 10.3 Å². The van der Waals surface area contributed by atoms with Crippen molar-refractivity contribution in [3.05, 3.63) is 17.1 Å². The van der Waals surface area contributed by atoms with Crippen LogP contribution in [0.2, 0.25) is 0 Å². The summed E-state index contributed by atoms with van der Waals surface area (Å²) < 4.78 is 2.27. The van der Waals surface area contributed by atoms with E-state index in [-0.39, 0.29) is 0 Å². The molecular formula is C9H15N2S+. The van der Waals surface area contributed by atoms with Crippen LogP contribution in [0.15, 0.2) is 17.1 Å². The van der Waals surface area contributed by atoms with Crippen molar-refractivity contribution < 1.29 is 4.57 Å². The molecule has 0 spiro atoms. The molecule has 1 heterocycles. The Morgan fingerprint density at radius 3 is 3.00 bits per heavy atom. The summed E-state index contributed by atoms with van der Waals surface area (Å²) in [6.07, 6.45) is 5.89. The van der Waals surface area contributed by atoms with Crippen LogP contribution in [-0.2, 0) is 6.54 Å². The topological polar surface area (TPSA) is 29.9 Å². The molecule has 2 N–H and O–H groups in total. The smallest absolute Gasteiger partial charge is 0.224 e. The second-order valence-corrected chi connectivity index (χ2v) is 4.42. The minimum absolute atomic E-state index is 0.467. The minimum atomic E-state index is 0.467. The third-order valence-corrected chi connectivity index (χ3v) is 3.25. The highest BCUT2D eigenvalue weighted by molar-refractivity contribution is 7.07. The van der Waals surface area contributed by atoms with Gasteiger partial charge in [0.1, 0.15) is 0 Å². The van der Waals surface area contributed by atoms with E-state index in [1.54, 1.807) is 11.3 Å². The number of rotatable bonds is 2. The van der Waals surface area contributed by atoms with E-state index in [1.165, 1.54) is 19.3 Å². The maximum atomic E-state index is 5.85. The van der Waals surface area contributed by atoms with Gasteiger partial charge in [-0.15, -0.1) is 0 Å². The molecule has 3 heteroatoms. The highest BCUT2D eigenvalue weighted by Gasteiger charge is 2.24. The second-order valence-electron chi connectivity index (χ2n) is 3.66. The molecule has 0 aliphatic heterocycles. The molecule has 2 unspecified atom stereocenters. The molecule has 1 aromatic heterocycles. The summed E-state index contributed by atoms with van der Waals surface area (Å²) in [5, 5.41) is 2.12. The summed E-state index contributed by atoms with van der Waals surface area (Å²) >= 11 is 1.76. The highest BCUT2D eigenvalue weighted by atomic mass is 32.1. The largest absolute Gasteiger partial charge is 0.328 e. The van der Waals surface area contributed by atoms with Gasteiger partial charge in [0.25, 0.3) is 0 Å². The molecule has 0 aromatic carbocycles. The van der Waals surface area contributed by atoms with Crippen molar-refractivity contribution in [1.82, 2.24) is 0 Å². The molecular weight excluding hydrogens is 168 g/mol. The fourth-order valence-corrected chi connectivity index (χ4v) is 2.55. The summed E-state index contributed by atoms with van der Waals surface area (Å²) in [6, 6.07) is 0.467. The molecule has 2 rings (SSSR count). The third kappa shape index (κ3) is 1.84. The van der Waals surface area contributed by atoms with Crippen LogP contribution in [0, 0.1) is 5.92 Å². The summed E-state index contributed by atoms with van der Waals surface area (Å²) in [5.74, 6) is 0.819. The SMILES string of the molecule is NC1CCC(C[n+]2ccsc2)C1. The lowest BCUT2D eigenvalue weighted by Gasteiger charge is -2.02. The average molecular weight is 183 g/mol. The summed E-state index contributed by atoms with van der Waals surface area (Å²) in [5.41, 5.74) is 8.02. The zero-order valence-corrected chi connectivity index (χ0v) is 7.96. The molecule has 12 heavy (non-hydrogen) atoms. The second kappa shape index (κ2) is 3.54. The first kappa shape index (κ1) is 8.20. The summed E-state index contributed by atoms with van der Waals surface area (Å²) in [4.78, 5) is 0. The van der Waals surface area contributed by atoms with Gasteiger partial charge in [-0.1, -0.05) is 11.3 Å². The van der Waals surface area contributed by atoms with Gasteiger partial charge < -0.3 is 5.73 Å². The Balaban J connectivity index is 1.88. The van der Waals surface area contributed by atoms with Crippen LogP contribution in [0.4, 0.5) is 0 Å². The van der Waals surface area contributed by atoms with Gasteiger partial charge >= 0.3 is 0 Å². The Bertz CT molecular complexity index is 233. The van der Waals surface area contributed by atoms with Crippen LogP contribution in [0.5, 0.6) is 0 Å². The molecule has 1 fully saturated rings. The van der Waals surface area contributed by atoms with Gasteiger partial charge in [0, 0.05) is 12.0 Å². The molecule has 0 saturated heterocycles. The quantitative estimate of drug-likeness (QED) is 0.685. The first-order valence-corrected chi connectivity index (χ1v) is 5.45. The van der Waals surface area contributed by atoms with Gasteiger partial charge in [0.2, 0.25) is 5.51 Å². The zero-order valence-electron chi connectivity index (χ0n) is 7.15. The van der Waals surface area contributed by atoms with Crippen molar-refractivity contribution in [3.8, 4) is 0 Å². The van der Waals surface area contributed by atoms with Gasteiger partial charge in [0.05, 0.1) is 5.38 Å². The Morgan fingerprint density at radius 2 is 2.42 bits per heavy atom. The number of aromatic nitrogens is 1. The predicted octanol–water partition coefficient (Wildman–Crippen LogP) is 1.16. The molecule has 0 amide bonds. The standard InChI is InChI=1S/C9H15N2S/c10-9-2-1-8(5-9)6-11-3-4-12-7-11/h3-4,7-9H,1-2,5-6,10H2/q+1. The van der Waals surface area contributed by atoms with Gasteiger partial charge in [-0.2, -0.15) is 4.57 Å². The van der Waals surface area contributed by atoms with Crippen molar-refractivity contribution in [2.75, 3.05) is 0 Å². The van der Waals surface area contributed by atoms with Crippen molar-refractivity contribution in [1.29, 1.82) is 0 Å². The van der Waals surface area contributed by atoms with E-state index < -0.39 is 0 Å². The van der Waals surface area contributed by atoms with Gasteiger partial charge in [-0.25, -0.2) is 0 Å². The van der Waals surface area contributed by atoms with Crippen LogP contribution in [-0.4, -0.2) is 6.04 Å². The molecule has 2 nitrogen and oxygen atoms in total. The van der Waals surface area contributed by atoms with Crippen LogP contribution in [0.3, 0.4) is 0 Å². The summed E-state index contributed by atoms with van der Waals surface area (Å²) in [6.45, 7) is 1.16. The fraction of sp³-hybridized carbons (Fsp3) is 0.667. The minimum Gasteiger partial charge on any atom is -0.328 e. The maximum Gasteiger partial charge on any atom is 0.224 e. The van der Waals surface area contributed by atoms with Crippen LogP contribution >= 0.6 is 11.3 Å². The Morgan fingerprint density at radius 1 is 1.50 bits per heavy atom. The lowest BCUT2D eigenvalue weighted by molar-refractivity contribution is -0.698. The molecule has 0 bridgehead atoms. The van der Waals surface area contributed by atoms with E-state index in [1.807, 2.05) is 0 Å². The third-order valence-electron chi connectivity index (χ3n) is 2.58. The van der Waals surface area contributed by atoms with Gasteiger partial charge in [-0.3, -0.25) is 0 Å². The first-order chi connectivity index (χ1) is 5.84. The number of hydrogen-bond donors (Lipinski definition) is 1. The van der Waals surface area contributed by atoms with Crippen molar-refractivity contribution in [3.63, 3.8) is 0 Å². The number of nitrogens with two attached hydrogens (primary N) is 1. The van der Waals surface area contributed by atoms with Crippen molar-refractivity contribution >= 4 is 11.3 Å². The first-order valence-electron chi connectivity index (χ1n) is 4.51. The fourth-order valence-electron chi connectivity index (χ4n) is 1.94. The van der Waals surface area contributed by atoms with E-state index in [2.05, 4.69) is 21.7 Å². The molecule has 0 radical (unpaired) electrons. The molecule has 2 atom stereocenters. The highest BCUT2D eigenvalue weighted by Crippen LogP contribution is 2.23. The monoisotopic (exact) mass is 183 g/mol. The Labute approximate surface area is 77.0 Å². The molecule has 1 aromatic rings. The average Bonchev–Trinajstić information content (AvgIpc) is 2.63. The van der Waals surface area contributed by atoms with E-state index in [0.29, 0.717) is 6.04 Å². The van der Waals surface area contributed by atoms with E-state index in [9.17, 15) is 0 Å². The van der Waals surface area contributed by atoms with E-state index in [0.717, 1.165) is 12.5 Å². The van der Waals surface area contributed by atoms with Gasteiger partial charge in [-0.05, 0) is 19.3 Å². The molecule has 1 saturated carbocycles. The van der Waals surface area contributed by atoms with Gasteiger partial charge in [0.15, 0.2) is 12.7 Å². The van der Waals surface area contributed by atoms with Crippen molar-refractivity contribution in [2.24, 2.45) is 11.7 Å².